The molecule has 0 amide bonds. The van der Waals surface area contributed by atoms with E-state index in [-0.39, 0.29) is 13.9 Å². The molecule has 0 unspecified atom stereocenters. The maximum absolute atomic E-state index is 6.95. The minimum absolute atomic E-state index is 0.00204. The number of halogens is 2. The highest BCUT2D eigenvalue weighted by Crippen LogP contribution is 2.38. The van der Waals surface area contributed by atoms with Crippen LogP contribution >= 0.6 is 47.6 Å². The van der Waals surface area contributed by atoms with Crippen LogP contribution in [0, 0.1) is 0 Å². The van der Waals surface area contributed by atoms with Gasteiger partial charge in [0, 0.05) is 18.9 Å². The Balaban J connectivity index is 0.000000243. The first kappa shape index (κ1) is 48.6. The van der Waals surface area contributed by atoms with E-state index in [4.69, 9.17) is 50.0 Å². The van der Waals surface area contributed by atoms with Crippen LogP contribution in [-0.4, -0.2) is 38.8 Å². The second kappa shape index (κ2) is 23.2. The van der Waals surface area contributed by atoms with E-state index in [9.17, 15) is 0 Å². The molecule has 0 aromatic heterocycles. The van der Waals surface area contributed by atoms with E-state index in [1.165, 1.54) is 20.7 Å². The minimum Gasteiger partial charge on any atom is -0.407 e. The summed E-state index contributed by atoms with van der Waals surface area (Å²) in [7, 11) is -4.97. The number of aliphatic imine (C=N–C) groups is 1. The number of rotatable bonds is 13. The number of nitrogen functional groups attached to an aromatic ring is 1. The number of isothiocyanates is 1. The zero-order valence-corrected chi connectivity index (χ0v) is 40.6. The summed E-state index contributed by atoms with van der Waals surface area (Å²) in [6.45, 7) is 15.1. The van der Waals surface area contributed by atoms with Gasteiger partial charge in [-0.05, 0) is 79.1 Å². The Morgan fingerprint density at radius 2 is 0.833 bits per heavy atom. The first-order valence-corrected chi connectivity index (χ1v) is 25.4. The van der Waals surface area contributed by atoms with Crippen LogP contribution in [0.5, 0.6) is 0 Å². The van der Waals surface area contributed by atoms with Crippen molar-refractivity contribution in [3.05, 3.63) is 181 Å². The summed E-state index contributed by atoms with van der Waals surface area (Å²) in [4.78, 5) is 4.21. The van der Waals surface area contributed by atoms with Crippen LogP contribution in [0.3, 0.4) is 0 Å². The van der Waals surface area contributed by atoms with Crippen molar-refractivity contribution >= 4 is 105 Å². The van der Waals surface area contributed by atoms with Crippen molar-refractivity contribution in [2.24, 2.45) is 4.99 Å². The molecule has 6 aromatic carbocycles. The summed E-state index contributed by atoms with van der Waals surface area (Å²) < 4.78 is 13.8. The lowest BCUT2D eigenvalue weighted by Gasteiger charge is -2.43. The van der Waals surface area contributed by atoms with Crippen molar-refractivity contribution in [2.75, 3.05) is 18.9 Å². The van der Waals surface area contributed by atoms with Crippen LogP contribution in [0.2, 0.25) is 10.1 Å². The lowest BCUT2D eigenvalue weighted by Crippen LogP contribution is -2.66. The molecule has 0 heterocycles. The van der Waals surface area contributed by atoms with Crippen molar-refractivity contribution in [3.63, 3.8) is 0 Å². The molecule has 0 spiro atoms. The van der Waals surface area contributed by atoms with E-state index in [0.717, 1.165) is 35.3 Å². The number of thiocarbonyl (C=S) groups is 2. The minimum atomic E-state index is -2.51. The zero-order valence-electron chi connectivity index (χ0n) is 35.4. The fourth-order valence-electron chi connectivity index (χ4n) is 7.79. The largest absolute Gasteiger partial charge is 0.407 e. The quantitative estimate of drug-likeness (QED) is 0.0411. The molecule has 2 N–H and O–H groups in total. The van der Waals surface area contributed by atoms with Crippen molar-refractivity contribution in [3.8, 4) is 0 Å². The molecule has 0 aliphatic heterocycles. The summed E-state index contributed by atoms with van der Waals surface area (Å²) in [6, 6.07) is 59.0. The molecule has 10 heteroatoms. The third-order valence-corrected chi connectivity index (χ3v) is 20.6. The SMILES string of the molecule is CC(C)(C)[Si](OCCc1ccccc1N)(c1ccccc1)c1ccccc1.CC(C)(C)[Si](OCCc1ccccc1N=C=S)(c1ccccc1)c1ccccc1.S=C(Cl)Cl. The van der Waals surface area contributed by atoms with E-state index in [2.05, 4.69) is 197 Å². The Kier molecular flexibility index (Phi) is 18.8. The van der Waals surface area contributed by atoms with Crippen LogP contribution in [0.1, 0.15) is 52.7 Å². The van der Waals surface area contributed by atoms with Gasteiger partial charge in [-0.1, -0.05) is 235 Å². The summed E-state index contributed by atoms with van der Waals surface area (Å²) in [5.74, 6) is 0. The molecule has 0 fully saturated rings. The highest BCUT2D eigenvalue weighted by atomic mass is 35.5. The van der Waals surface area contributed by atoms with E-state index in [0.29, 0.717) is 13.2 Å². The lowest BCUT2D eigenvalue weighted by molar-refractivity contribution is 0.302. The van der Waals surface area contributed by atoms with Crippen LogP contribution in [-0.2, 0) is 21.7 Å². The summed E-state index contributed by atoms with van der Waals surface area (Å²) in [5, 5.41) is 7.67. The predicted molar refractivity (Wildman–Crippen MR) is 271 cm³/mol. The van der Waals surface area contributed by atoms with Gasteiger partial charge in [-0.15, -0.1) is 0 Å². The monoisotopic (exact) mass is 906 g/mol. The number of anilines is 1. The Bertz CT molecular complexity index is 2180. The van der Waals surface area contributed by atoms with Crippen LogP contribution in [0.25, 0.3) is 0 Å². The molecule has 0 atom stereocenters. The van der Waals surface area contributed by atoms with Gasteiger partial charge >= 0.3 is 0 Å². The average molecular weight is 908 g/mol. The first-order valence-electron chi connectivity index (χ1n) is 20.0. The standard InChI is InChI=1S/C25H27NOSSi.C24H29NOSi.CCl2S/c1-25(2,3)29(22-13-6-4-7-14-22,23-15-8-5-9-16-23)27-19-18-21-12-10-11-17-24(21)26-20-28;1-24(2,3)27(21-13-6-4-7-14-21,22-15-8-5-9-16-22)26-19-18-20-12-10-11-17-23(20)25;2-1(3)4/h4-17H,18-19H2,1-3H3;4-17H,18-19,25H2,1-3H3;. The number of hydrogen-bond acceptors (Lipinski definition) is 6. The van der Waals surface area contributed by atoms with Gasteiger partial charge in [-0.2, -0.15) is 4.99 Å². The van der Waals surface area contributed by atoms with Crippen molar-refractivity contribution in [1.82, 2.24) is 0 Å². The fourth-order valence-corrected chi connectivity index (χ4v) is 17.0. The van der Waals surface area contributed by atoms with Gasteiger partial charge in [-0.3, -0.25) is 0 Å². The molecule has 6 aromatic rings. The van der Waals surface area contributed by atoms with E-state index < -0.39 is 16.6 Å². The summed E-state index contributed by atoms with van der Waals surface area (Å²) in [6.07, 6.45) is 1.60. The number of nitrogens with zero attached hydrogens (tertiary/aromatic N) is 1. The number of hydrogen-bond donors (Lipinski definition) is 1. The molecule has 0 saturated heterocycles. The fraction of sp³-hybridized carbons (Fsp3) is 0.240. The number of para-hydroxylation sites is 2. The second-order valence-electron chi connectivity index (χ2n) is 16.3. The molecular weight excluding hydrogens is 852 g/mol. The molecule has 0 radical (unpaired) electrons. The molecule has 4 nitrogen and oxygen atoms in total. The Labute approximate surface area is 381 Å². The van der Waals surface area contributed by atoms with Gasteiger partial charge in [0.15, 0.2) is 3.78 Å². The van der Waals surface area contributed by atoms with Crippen LogP contribution < -0.4 is 26.5 Å². The Morgan fingerprint density at radius 1 is 0.533 bits per heavy atom. The van der Waals surface area contributed by atoms with Crippen LogP contribution in [0.4, 0.5) is 11.4 Å². The topological polar surface area (TPSA) is 56.8 Å². The van der Waals surface area contributed by atoms with Crippen molar-refractivity contribution in [1.29, 1.82) is 0 Å². The lowest BCUT2D eigenvalue weighted by atomic mass is 10.1. The molecule has 0 saturated carbocycles. The van der Waals surface area contributed by atoms with Gasteiger partial charge in [-0.25, -0.2) is 0 Å². The van der Waals surface area contributed by atoms with E-state index in [1.807, 2.05) is 36.4 Å². The molecule has 0 aliphatic rings. The molecule has 60 heavy (non-hydrogen) atoms. The van der Waals surface area contributed by atoms with E-state index >= 15 is 0 Å². The first-order chi connectivity index (χ1) is 28.7. The third kappa shape index (κ3) is 12.7. The van der Waals surface area contributed by atoms with Crippen molar-refractivity contribution < 1.29 is 8.85 Å². The van der Waals surface area contributed by atoms with Gasteiger partial charge < -0.3 is 14.6 Å². The molecule has 312 valence electrons. The summed E-state index contributed by atoms with van der Waals surface area (Å²) in [5.41, 5.74) is 10.1. The van der Waals surface area contributed by atoms with Gasteiger partial charge in [0.25, 0.3) is 16.6 Å². The van der Waals surface area contributed by atoms with Gasteiger partial charge in [0.05, 0.1) is 10.8 Å². The summed E-state index contributed by atoms with van der Waals surface area (Å²) >= 11 is 18.4. The van der Waals surface area contributed by atoms with Gasteiger partial charge in [0.1, 0.15) is 0 Å². The van der Waals surface area contributed by atoms with Gasteiger partial charge in [0.2, 0.25) is 0 Å². The van der Waals surface area contributed by atoms with Crippen molar-refractivity contribution in [2.45, 2.75) is 64.5 Å². The number of benzene rings is 6. The Morgan fingerprint density at radius 3 is 1.17 bits per heavy atom. The zero-order chi connectivity index (χ0) is 43.7. The van der Waals surface area contributed by atoms with E-state index in [1.54, 1.807) is 0 Å². The van der Waals surface area contributed by atoms with Crippen LogP contribution in [0.15, 0.2) is 175 Å². The Hall–Kier alpha value is -4.06. The normalized spacial score (nSPS) is 11.5. The number of nitrogens with two attached hydrogens (primary N) is 1. The highest BCUT2D eigenvalue weighted by Gasteiger charge is 2.51. The average Bonchev–Trinajstić information content (AvgIpc) is 3.23. The maximum Gasteiger partial charge on any atom is 0.261 e. The molecule has 0 bridgehead atoms. The second-order valence-corrected chi connectivity index (χ2v) is 26.9. The predicted octanol–water partition coefficient (Wildman–Crippen LogP) is 11.7. The molecule has 0 aliphatic carbocycles. The molecular formula is C50H56Cl2N2O2S2Si2. The molecule has 6 rings (SSSR count). The smallest absolute Gasteiger partial charge is 0.261 e. The highest BCUT2D eigenvalue weighted by molar-refractivity contribution is 7.86. The third-order valence-electron chi connectivity index (χ3n) is 10.4. The maximum atomic E-state index is 6.95.